The van der Waals surface area contributed by atoms with E-state index in [9.17, 15) is 9.59 Å². The van der Waals surface area contributed by atoms with Gasteiger partial charge in [-0.25, -0.2) is 9.48 Å². The maximum absolute atomic E-state index is 13.9. The van der Waals surface area contributed by atoms with Gasteiger partial charge in [0.2, 0.25) is 5.78 Å². The van der Waals surface area contributed by atoms with Crippen molar-refractivity contribution in [2.75, 3.05) is 0 Å². The number of ether oxygens (including phenoxy) is 1. The van der Waals surface area contributed by atoms with Crippen molar-refractivity contribution >= 4 is 22.7 Å². The molecule has 0 fully saturated rings. The third-order valence-corrected chi connectivity index (χ3v) is 6.42. The fourth-order valence-electron chi connectivity index (χ4n) is 4.53. The zero-order valence-corrected chi connectivity index (χ0v) is 20.3. The molecule has 0 aliphatic rings. The van der Waals surface area contributed by atoms with E-state index in [4.69, 9.17) is 9.84 Å². The number of hydrogen-bond donors (Lipinski definition) is 1. The number of para-hydroxylation sites is 2. The first-order chi connectivity index (χ1) is 18.7. The summed E-state index contributed by atoms with van der Waals surface area (Å²) in [4.78, 5) is 30.8. The normalized spacial score (nSPS) is 11.8. The molecule has 184 valence electrons. The Morgan fingerprint density at radius 1 is 0.737 bits per heavy atom. The molecular formula is C32H23N3O3. The predicted octanol–water partition coefficient (Wildman–Crippen LogP) is 6.80. The lowest BCUT2D eigenvalue weighted by Crippen LogP contribution is -2.20. The molecule has 6 nitrogen and oxygen atoms in total. The van der Waals surface area contributed by atoms with Gasteiger partial charge >= 0.3 is 5.97 Å². The molecule has 1 atom stereocenters. The Labute approximate surface area is 219 Å². The first kappa shape index (κ1) is 23.2. The summed E-state index contributed by atoms with van der Waals surface area (Å²) in [5.74, 6) is -0.938. The average Bonchev–Trinajstić information content (AvgIpc) is 3.62. The van der Waals surface area contributed by atoms with Crippen LogP contribution in [0.5, 0.6) is 0 Å². The molecule has 0 spiro atoms. The van der Waals surface area contributed by atoms with Crippen LogP contribution < -0.4 is 0 Å². The van der Waals surface area contributed by atoms with Crippen LogP contribution in [0.25, 0.3) is 27.8 Å². The molecule has 0 radical (unpaired) electrons. The van der Waals surface area contributed by atoms with Crippen molar-refractivity contribution in [1.29, 1.82) is 0 Å². The fourth-order valence-corrected chi connectivity index (χ4v) is 4.53. The minimum absolute atomic E-state index is 0.271. The number of H-pyrrole nitrogens is 1. The molecular weight excluding hydrogens is 474 g/mol. The van der Waals surface area contributed by atoms with Crippen molar-refractivity contribution in [2.45, 2.75) is 6.10 Å². The smallest absolute Gasteiger partial charge is 0.343 e. The van der Waals surface area contributed by atoms with Crippen molar-refractivity contribution in [3.8, 4) is 16.9 Å². The van der Waals surface area contributed by atoms with Gasteiger partial charge in [0, 0.05) is 40.0 Å². The summed E-state index contributed by atoms with van der Waals surface area (Å²) in [5.41, 5.74) is 4.22. The van der Waals surface area contributed by atoms with Crippen LogP contribution in [0.3, 0.4) is 0 Å². The van der Waals surface area contributed by atoms with Gasteiger partial charge < -0.3 is 9.72 Å². The molecule has 38 heavy (non-hydrogen) atoms. The van der Waals surface area contributed by atoms with Gasteiger partial charge in [-0.3, -0.25) is 4.79 Å². The average molecular weight is 498 g/mol. The highest BCUT2D eigenvalue weighted by Crippen LogP contribution is 2.30. The summed E-state index contributed by atoms with van der Waals surface area (Å²) < 4.78 is 7.66. The zero-order chi connectivity index (χ0) is 25.9. The molecule has 0 saturated heterocycles. The molecule has 0 saturated carbocycles. The Hall–Kier alpha value is -5.23. The third kappa shape index (κ3) is 4.40. The van der Waals surface area contributed by atoms with Gasteiger partial charge in [0.1, 0.15) is 11.3 Å². The lowest BCUT2D eigenvalue weighted by Gasteiger charge is -2.17. The van der Waals surface area contributed by atoms with E-state index in [1.54, 1.807) is 29.2 Å². The molecule has 0 aliphatic carbocycles. The highest BCUT2D eigenvalue weighted by molar-refractivity contribution is 6.11. The number of carbonyl (C=O) groups is 2. The van der Waals surface area contributed by atoms with E-state index in [1.165, 1.54) is 0 Å². The fraction of sp³-hybridized carbons (Fsp3) is 0.0312. The second-order valence-corrected chi connectivity index (χ2v) is 8.85. The van der Waals surface area contributed by atoms with E-state index in [-0.39, 0.29) is 11.3 Å². The monoisotopic (exact) mass is 497 g/mol. The molecule has 1 unspecified atom stereocenters. The van der Waals surface area contributed by atoms with Crippen LogP contribution in [0.1, 0.15) is 32.4 Å². The van der Waals surface area contributed by atoms with Crippen molar-refractivity contribution < 1.29 is 14.3 Å². The number of carbonyl (C=O) groups excluding carboxylic acids is 2. The van der Waals surface area contributed by atoms with E-state index < -0.39 is 12.1 Å². The van der Waals surface area contributed by atoms with Crippen LogP contribution in [0, 0.1) is 0 Å². The van der Waals surface area contributed by atoms with Gasteiger partial charge in [-0.15, -0.1) is 0 Å². The summed E-state index contributed by atoms with van der Waals surface area (Å²) in [6, 6.07) is 35.6. The van der Waals surface area contributed by atoms with E-state index in [2.05, 4.69) is 4.98 Å². The van der Waals surface area contributed by atoms with Crippen LogP contribution in [0.4, 0.5) is 0 Å². The van der Waals surface area contributed by atoms with E-state index in [0.29, 0.717) is 16.8 Å². The number of ketones is 1. The second-order valence-electron chi connectivity index (χ2n) is 8.85. The van der Waals surface area contributed by atoms with Gasteiger partial charge in [-0.2, -0.15) is 5.10 Å². The molecule has 4 aromatic carbocycles. The van der Waals surface area contributed by atoms with Crippen LogP contribution in [-0.2, 0) is 4.74 Å². The zero-order valence-electron chi connectivity index (χ0n) is 20.3. The first-order valence-electron chi connectivity index (χ1n) is 12.3. The number of nitrogens with one attached hydrogen (secondary N) is 1. The standard InChI is InChI=1S/C32H23N3O3/c36-30(26-20-33-28-19-11-10-18-25(26)28)31(23-14-6-2-7-15-23)38-32(37)27-21-35(24-16-8-3-9-17-24)34-29(27)22-12-4-1-5-13-22/h1-21,31,33H. The molecule has 1 N–H and O–H groups in total. The number of nitrogens with zero attached hydrogens (tertiary/aromatic N) is 2. The maximum atomic E-state index is 13.9. The number of esters is 1. The Morgan fingerprint density at radius 3 is 2.11 bits per heavy atom. The van der Waals surface area contributed by atoms with Gasteiger partial charge in [-0.1, -0.05) is 97.1 Å². The van der Waals surface area contributed by atoms with Crippen LogP contribution >= 0.6 is 0 Å². The Kier molecular flexibility index (Phi) is 6.12. The SMILES string of the molecule is O=C(OC(C(=O)c1c[nH]c2ccccc12)c1ccccc1)c1cn(-c2ccccc2)nc1-c1ccccc1. The first-order valence-corrected chi connectivity index (χ1v) is 12.3. The lowest BCUT2D eigenvalue weighted by atomic mass is 9.99. The second kappa shape index (κ2) is 10.0. The Balaban J connectivity index is 1.41. The molecule has 6 rings (SSSR count). The number of hydrogen-bond acceptors (Lipinski definition) is 4. The summed E-state index contributed by atoms with van der Waals surface area (Å²) in [7, 11) is 0. The molecule has 2 aromatic heterocycles. The molecule has 6 aromatic rings. The van der Waals surface area contributed by atoms with Gasteiger partial charge in [0.15, 0.2) is 6.10 Å². The predicted molar refractivity (Wildman–Crippen MR) is 146 cm³/mol. The number of rotatable bonds is 7. The van der Waals surface area contributed by atoms with Crippen molar-refractivity contribution in [2.24, 2.45) is 0 Å². The highest BCUT2D eigenvalue weighted by Gasteiger charge is 2.30. The molecule has 2 heterocycles. The topological polar surface area (TPSA) is 77.0 Å². The number of benzene rings is 4. The van der Waals surface area contributed by atoms with Crippen molar-refractivity contribution in [3.63, 3.8) is 0 Å². The van der Waals surface area contributed by atoms with Crippen molar-refractivity contribution in [1.82, 2.24) is 14.8 Å². The Bertz CT molecular complexity index is 1720. The number of fused-ring (bicyclic) bond motifs is 1. The number of aromatic amines is 1. The van der Waals surface area contributed by atoms with E-state index >= 15 is 0 Å². The van der Waals surface area contributed by atoms with Crippen molar-refractivity contribution in [3.05, 3.63) is 144 Å². The molecule has 6 heteroatoms. The number of aromatic nitrogens is 3. The lowest BCUT2D eigenvalue weighted by molar-refractivity contribution is 0.0281. The third-order valence-electron chi connectivity index (χ3n) is 6.42. The number of Topliss-reactive ketones (excluding diaryl/α,β-unsaturated/α-hetero) is 1. The Morgan fingerprint density at radius 2 is 1.37 bits per heavy atom. The molecule has 0 amide bonds. The van der Waals surface area contributed by atoms with Gasteiger partial charge in [0.25, 0.3) is 0 Å². The van der Waals surface area contributed by atoms with E-state index in [0.717, 1.165) is 22.2 Å². The largest absolute Gasteiger partial charge is 0.445 e. The quantitative estimate of drug-likeness (QED) is 0.194. The summed E-state index contributed by atoms with van der Waals surface area (Å²) in [6.07, 6.45) is 2.18. The molecule has 0 bridgehead atoms. The maximum Gasteiger partial charge on any atom is 0.343 e. The summed E-state index contributed by atoms with van der Waals surface area (Å²) in [6.45, 7) is 0. The minimum atomic E-state index is -1.13. The van der Waals surface area contributed by atoms with Gasteiger partial charge in [-0.05, 0) is 18.2 Å². The van der Waals surface area contributed by atoms with Crippen LogP contribution in [0.2, 0.25) is 0 Å². The van der Waals surface area contributed by atoms with Crippen LogP contribution in [-0.4, -0.2) is 26.5 Å². The van der Waals surface area contributed by atoms with Gasteiger partial charge in [0.05, 0.1) is 5.69 Å². The summed E-state index contributed by atoms with van der Waals surface area (Å²) in [5, 5.41) is 5.49. The van der Waals surface area contributed by atoms with E-state index in [1.807, 2.05) is 103 Å². The molecule has 0 aliphatic heterocycles. The van der Waals surface area contributed by atoms with Crippen LogP contribution in [0.15, 0.2) is 128 Å². The minimum Gasteiger partial charge on any atom is -0.445 e. The highest BCUT2D eigenvalue weighted by atomic mass is 16.5. The summed E-state index contributed by atoms with van der Waals surface area (Å²) >= 11 is 0.